The summed E-state index contributed by atoms with van der Waals surface area (Å²) in [5.74, 6) is 0.234. The Kier molecular flexibility index (Phi) is 3.50. The van der Waals surface area contributed by atoms with Gasteiger partial charge in [0.15, 0.2) is 5.78 Å². The van der Waals surface area contributed by atoms with Crippen molar-refractivity contribution >= 4 is 44.3 Å². The van der Waals surface area contributed by atoms with Crippen LogP contribution in [-0.2, 0) is 4.79 Å². The van der Waals surface area contributed by atoms with Crippen LogP contribution < -0.4 is 0 Å². The van der Waals surface area contributed by atoms with Gasteiger partial charge in [0.1, 0.15) is 0 Å². The lowest BCUT2D eigenvalue weighted by molar-refractivity contribution is -0.117. The summed E-state index contributed by atoms with van der Waals surface area (Å²) in [6, 6.07) is 0. The molecular weight excluding hydrogens is 283 g/mol. The Morgan fingerprint density at radius 3 is 2.12 bits per heavy atom. The van der Waals surface area contributed by atoms with Crippen molar-refractivity contribution in [1.29, 1.82) is 0 Å². The van der Waals surface area contributed by atoms with Gasteiger partial charge >= 0.3 is 0 Å². The number of carbonyl (C=O) groups excluding carboxylic acids is 1. The predicted molar refractivity (Wildman–Crippen MR) is 46.9 cm³/mol. The summed E-state index contributed by atoms with van der Waals surface area (Å²) >= 11 is 5.31. The van der Waals surface area contributed by atoms with Gasteiger partial charge in [-0.3, -0.25) is 4.79 Å². The molecule has 0 aromatic carbocycles. The van der Waals surface area contributed by atoms with Crippen LogP contribution in [0.4, 0.5) is 0 Å². The molecule has 3 heteroatoms. The number of carbonyl (C=O) groups is 1. The molecule has 0 saturated carbocycles. The number of alkyl halides is 2. The van der Waals surface area contributed by atoms with Gasteiger partial charge in [-0.15, -0.1) is 0 Å². The monoisotopic (exact) mass is 290 g/mol. The smallest absolute Gasteiger partial charge is 0.158 e. The first-order valence-corrected chi connectivity index (χ1v) is 4.58. The van der Waals surface area contributed by atoms with Gasteiger partial charge in [0.2, 0.25) is 0 Å². The van der Waals surface area contributed by atoms with Crippen LogP contribution in [0, 0.1) is 0 Å². The van der Waals surface area contributed by atoms with Gasteiger partial charge in [0.05, 0.1) is 8.75 Å². The lowest BCUT2D eigenvalue weighted by Crippen LogP contribution is -2.24. The molecular formula is C5H8BrIO. The van der Waals surface area contributed by atoms with Crippen molar-refractivity contribution < 1.29 is 4.79 Å². The summed E-state index contributed by atoms with van der Waals surface area (Å²) < 4.78 is 0.254. The summed E-state index contributed by atoms with van der Waals surface area (Å²) in [7, 11) is 0. The molecule has 0 atom stereocenters. The van der Waals surface area contributed by atoms with Crippen LogP contribution in [0.5, 0.6) is 0 Å². The SMILES string of the molecule is CC(C)(Br)C(=O)CI. The summed E-state index contributed by atoms with van der Waals surface area (Å²) in [5.41, 5.74) is 0. The van der Waals surface area contributed by atoms with Crippen LogP contribution in [0.2, 0.25) is 0 Å². The fourth-order valence-electron chi connectivity index (χ4n) is 0.159. The Hall–Kier alpha value is 0.880. The average Bonchev–Trinajstić information content (AvgIpc) is 1.62. The number of ketones is 1. The first-order chi connectivity index (χ1) is 3.48. The first kappa shape index (κ1) is 8.88. The lowest BCUT2D eigenvalue weighted by atomic mass is 10.1. The highest BCUT2D eigenvalue weighted by Crippen LogP contribution is 2.17. The van der Waals surface area contributed by atoms with E-state index >= 15 is 0 Å². The second kappa shape index (κ2) is 3.15. The maximum absolute atomic E-state index is 10.8. The van der Waals surface area contributed by atoms with E-state index in [0.29, 0.717) is 4.43 Å². The zero-order chi connectivity index (χ0) is 6.78. The van der Waals surface area contributed by atoms with Gasteiger partial charge in [0, 0.05) is 0 Å². The maximum Gasteiger partial charge on any atom is 0.158 e. The molecule has 0 rings (SSSR count). The third-order valence-corrected chi connectivity index (χ3v) is 1.92. The molecule has 0 saturated heterocycles. The van der Waals surface area contributed by atoms with E-state index in [1.165, 1.54) is 0 Å². The molecule has 0 bridgehead atoms. The largest absolute Gasteiger partial charge is 0.297 e. The molecule has 0 aliphatic rings. The highest BCUT2D eigenvalue weighted by molar-refractivity contribution is 14.1. The van der Waals surface area contributed by atoms with E-state index in [9.17, 15) is 4.79 Å². The maximum atomic E-state index is 10.8. The fraction of sp³-hybridized carbons (Fsp3) is 0.800. The van der Waals surface area contributed by atoms with Crippen LogP contribution in [0.3, 0.4) is 0 Å². The van der Waals surface area contributed by atoms with Crippen LogP contribution >= 0.6 is 38.5 Å². The molecule has 0 heterocycles. The van der Waals surface area contributed by atoms with E-state index in [1.807, 2.05) is 13.8 Å². The first-order valence-electron chi connectivity index (χ1n) is 2.26. The van der Waals surface area contributed by atoms with E-state index in [2.05, 4.69) is 38.5 Å². The zero-order valence-corrected chi connectivity index (χ0v) is 8.61. The molecule has 0 spiro atoms. The van der Waals surface area contributed by atoms with Crippen LogP contribution in [-0.4, -0.2) is 14.5 Å². The summed E-state index contributed by atoms with van der Waals surface area (Å²) in [5, 5.41) is 0. The van der Waals surface area contributed by atoms with E-state index in [0.717, 1.165) is 0 Å². The van der Waals surface area contributed by atoms with Crippen LogP contribution in [0.25, 0.3) is 0 Å². The van der Waals surface area contributed by atoms with Gasteiger partial charge in [-0.2, -0.15) is 0 Å². The van der Waals surface area contributed by atoms with Crippen molar-refractivity contribution in [1.82, 2.24) is 0 Å². The van der Waals surface area contributed by atoms with E-state index in [-0.39, 0.29) is 10.1 Å². The Balaban J connectivity index is 3.82. The van der Waals surface area contributed by atoms with Gasteiger partial charge in [0.25, 0.3) is 0 Å². The Bertz CT molecular complexity index is 95.1. The van der Waals surface area contributed by atoms with Gasteiger partial charge < -0.3 is 0 Å². The van der Waals surface area contributed by atoms with Crippen molar-refractivity contribution in [3.05, 3.63) is 0 Å². The molecule has 0 unspecified atom stereocenters. The molecule has 0 aromatic heterocycles. The molecule has 1 nitrogen and oxygen atoms in total. The number of rotatable bonds is 2. The number of hydrogen-bond donors (Lipinski definition) is 0. The van der Waals surface area contributed by atoms with E-state index < -0.39 is 0 Å². The van der Waals surface area contributed by atoms with Crippen molar-refractivity contribution in [2.45, 2.75) is 18.2 Å². The number of Topliss-reactive ketones (excluding diaryl/α,β-unsaturated/α-hetero) is 1. The Morgan fingerprint density at radius 1 is 1.75 bits per heavy atom. The minimum Gasteiger partial charge on any atom is -0.297 e. The van der Waals surface area contributed by atoms with Crippen LogP contribution in [0.15, 0.2) is 0 Å². The lowest BCUT2D eigenvalue weighted by Gasteiger charge is -2.10. The molecule has 8 heavy (non-hydrogen) atoms. The summed E-state index contributed by atoms with van der Waals surface area (Å²) in [4.78, 5) is 10.8. The van der Waals surface area contributed by atoms with Crippen molar-refractivity contribution in [3.63, 3.8) is 0 Å². The van der Waals surface area contributed by atoms with E-state index in [1.54, 1.807) is 0 Å². The highest BCUT2D eigenvalue weighted by atomic mass is 127. The fourth-order valence-corrected chi connectivity index (χ4v) is 1.78. The normalized spacial score (nSPS) is 11.5. The second-order valence-corrected chi connectivity index (χ2v) is 4.77. The molecule has 0 radical (unpaired) electrons. The molecule has 48 valence electrons. The van der Waals surface area contributed by atoms with Crippen molar-refractivity contribution in [2.24, 2.45) is 0 Å². The third-order valence-electron chi connectivity index (χ3n) is 0.784. The molecule has 0 aliphatic carbocycles. The summed E-state index contributed by atoms with van der Waals surface area (Å²) in [6.07, 6.45) is 0. The standard InChI is InChI=1S/C5H8BrIO/c1-5(2,6)4(8)3-7/h3H2,1-2H3. The molecule has 0 N–H and O–H groups in total. The number of halogens is 2. The van der Waals surface area contributed by atoms with Gasteiger partial charge in [-0.25, -0.2) is 0 Å². The predicted octanol–water partition coefficient (Wildman–Crippen LogP) is 2.16. The minimum absolute atomic E-state index is 0.234. The molecule has 0 aliphatic heterocycles. The van der Waals surface area contributed by atoms with Crippen LogP contribution in [0.1, 0.15) is 13.8 Å². The Labute approximate surface area is 71.5 Å². The summed E-state index contributed by atoms with van der Waals surface area (Å²) in [6.45, 7) is 3.71. The van der Waals surface area contributed by atoms with Crippen molar-refractivity contribution in [2.75, 3.05) is 4.43 Å². The highest BCUT2D eigenvalue weighted by Gasteiger charge is 2.21. The van der Waals surface area contributed by atoms with Crippen molar-refractivity contribution in [3.8, 4) is 0 Å². The Morgan fingerprint density at radius 2 is 2.12 bits per heavy atom. The average molecular weight is 291 g/mol. The number of hydrogen-bond acceptors (Lipinski definition) is 1. The quantitative estimate of drug-likeness (QED) is 0.563. The van der Waals surface area contributed by atoms with Gasteiger partial charge in [-0.1, -0.05) is 38.5 Å². The van der Waals surface area contributed by atoms with E-state index in [4.69, 9.17) is 0 Å². The molecule has 0 amide bonds. The third kappa shape index (κ3) is 3.02. The second-order valence-electron chi connectivity index (χ2n) is 2.03. The molecule has 0 fully saturated rings. The molecule has 0 aromatic rings. The van der Waals surface area contributed by atoms with Gasteiger partial charge in [-0.05, 0) is 13.8 Å². The minimum atomic E-state index is -0.325. The zero-order valence-electron chi connectivity index (χ0n) is 4.87. The topological polar surface area (TPSA) is 17.1 Å².